The van der Waals surface area contributed by atoms with E-state index in [0.717, 1.165) is 18.2 Å². The van der Waals surface area contributed by atoms with Crippen LogP contribution in [0.25, 0.3) is 0 Å². The minimum Gasteiger partial charge on any atom is -0.310 e. The standard InChI is InChI=1S/C16H15F2N3O2S/c1-2-6-24-16-20-14-12(15(23)21-16)9(7-11(22)19-14)8-4-3-5-10(17)13(8)18/h3-5,9H,2,6-7H2,1H3,(H2,19,20,21,22,23)/t9-/m1/s1. The number of carbonyl (C=O) groups is 1. The van der Waals surface area contributed by atoms with E-state index >= 15 is 0 Å². The summed E-state index contributed by atoms with van der Waals surface area (Å²) in [6.07, 6.45) is 0.758. The Hall–Kier alpha value is -2.22. The van der Waals surface area contributed by atoms with Crippen molar-refractivity contribution < 1.29 is 13.6 Å². The number of nitrogens with one attached hydrogen (secondary N) is 2. The maximum atomic E-state index is 14.1. The van der Waals surface area contributed by atoms with Crippen LogP contribution in [0.2, 0.25) is 0 Å². The zero-order chi connectivity index (χ0) is 17.3. The lowest BCUT2D eigenvalue weighted by molar-refractivity contribution is -0.116. The molecule has 1 aliphatic rings. The molecule has 1 aliphatic heterocycles. The molecule has 1 atom stereocenters. The van der Waals surface area contributed by atoms with E-state index in [4.69, 9.17) is 0 Å². The quantitative estimate of drug-likeness (QED) is 0.656. The largest absolute Gasteiger partial charge is 0.310 e. The van der Waals surface area contributed by atoms with Gasteiger partial charge in [0.15, 0.2) is 16.8 Å². The van der Waals surface area contributed by atoms with E-state index < -0.39 is 23.1 Å². The molecule has 0 bridgehead atoms. The number of H-pyrrole nitrogens is 1. The van der Waals surface area contributed by atoms with Gasteiger partial charge in [0.05, 0.1) is 5.56 Å². The number of amides is 1. The number of aromatic amines is 1. The Morgan fingerprint density at radius 1 is 1.33 bits per heavy atom. The summed E-state index contributed by atoms with van der Waals surface area (Å²) >= 11 is 1.36. The first-order chi connectivity index (χ1) is 11.5. The van der Waals surface area contributed by atoms with Gasteiger partial charge in [0.25, 0.3) is 5.56 Å². The topological polar surface area (TPSA) is 74.8 Å². The zero-order valence-electron chi connectivity index (χ0n) is 12.9. The van der Waals surface area contributed by atoms with Gasteiger partial charge in [0.1, 0.15) is 5.82 Å². The van der Waals surface area contributed by atoms with Gasteiger partial charge in [-0.05, 0) is 18.1 Å². The second-order valence-corrected chi connectivity index (χ2v) is 6.51. The van der Waals surface area contributed by atoms with E-state index in [1.165, 1.54) is 23.9 Å². The Bertz CT molecular complexity index is 854. The summed E-state index contributed by atoms with van der Waals surface area (Å²) in [6.45, 7) is 1.99. The van der Waals surface area contributed by atoms with E-state index in [1.54, 1.807) is 0 Å². The van der Waals surface area contributed by atoms with Crippen LogP contribution in [0.5, 0.6) is 0 Å². The molecule has 1 aromatic carbocycles. The molecule has 0 aliphatic carbocycles. The third-order valence-corrected chi connectivity index (χ3v) is 4.81. The highest BCUT2D eigenvalue weighted by molar-refractivity contribution is 7.99. The Labute approximate surface area is 140 Å². The normalized spacial score (nSPS) is 16.6. The summed E-state index contributed by atoms with van der Waals surface area (Å²) in [7, 11) is 0. The lowest BCUT2D eigenvalue weighted by Crippen LogP contribution is -2.31. The fourth-order valence-corrected chi connectivity index (χ4v) is 3.39. The van der Waals surface area contributed by atoms with E-state index in [0.29, 0.717) is 5.16 Å². The number of fused-ring (bicyclic) bond motifs is 1. The molecule has 8 heteroatoms. The average Bonchev–Trinajstić information content (AvgIpc) is 2.54. The monoisotopic (exact) mass is 351 g/mol. The summed E-state index contributed by atoms with van der Waals surface area (Å²) < 4.78 is 27.7. The van der Waals surface area contributed by atoms with Crippen LogP contribution >= 0.6 is 11.8 Å². The van der Waals surface area contributed by atoms with Crippen LogP contribution in [0.15, 0.2) is 28.2 Å². The lowest BCUT2D eigenvalue weighted by Gasteiger charge is -2.24. The number of hydrogen-bond donors (Lipinski definition) is 2. The molecule has 3 rings (SSSR count). The summed E-state index contributed by atoms with van der Waals surface area (Å²) in [4.78, 5) is 31.3. The van der Waals surface area contributed by atoms with Gasteiger partial charge in [-0.25, -0.2) is 13.8 Å². The van der Waals surface area contributed by atoms with Crippen LogP contribution in [-0.2, 0) is 4.79 Å². The van der Waals surface area contributed by atoms with Gasteiger partial charge < -0.3 is 10.3 Å². The van der Waals surface area contributed by atoms with Crippen molar-refractivity contribution in [3.05, 3.63) is 51.3 Å². The second kappa shape index (κ2) is 6.72. The van der Waals surface area contributed by atoms with Gasteiger partial charge in [-0.1, -0.05) is 30.8 Å². The number of carbonyl (C=O) groups excluding carboxylic acids is 1. The molecule has 2 heterocycles. The van der Waals surface area contributed by atoms with E-state index in [-0.39, 0.29) is 29.3 Å². The number of rotatable bonds is 4. The van der Waals surface area contributed by atoms with Crippen molar-refractivity contribution >= 4 is 23.5 Å². The molecule has 24 heavy (non-hydrogen) atoms. The van der Waals surface area contributed by atoms with Gasteiger partial charge in [-0.3, -0.25) is 9.59 Å². The SMILES string of the molecule is CCCSc1nc2c(c(=O)[nH]1)[C@@H](c1cccc(F)c1F)CC(=O)N2. The average molecular weight is 351 g/mol. The van der Waals surface area contributed by atoms with Crippen molar-refractivity contribution in [1.82, 2.24) is 9.97 Å². The maximum absolute atomic E-state index is 14.1. The minimum atomic E-state index is -1.05. The lowest BCUT2D eigenvalue weighted by atomic mass is 9.86. The third kappa shape index (κ3) is 3.06. The molecule has 0 saturated carbocycles. The smallest absolute Gasteiger partial charge is 0.257 e. The first-order valence-electron chi connectivity index (χ1n) is 7.52. The first kappa shape index (κ1) is 16.6. The minimum absolute atomic E-state index is 0.0210. The summed E-state index contributed by atoms with van der Waals surface area (Å²) in [6, 6.07) is 3.73. The highest BCUT2D eigenvalue weighted by Gasteiger charge is 2.33. The molecule has 1 amide bonds. The van der Waals surface area contributed by atoms with Crippen molar-refractivity contribution in [1.29, 1.82) is 0 Å². The van der Waals surface area contributed by atoms with Gasteiger partial charge >= 0.3 is 0 Å². The van der Waals surface area contributed by atoms with Crippen molar-refractivity contribution in [2.75, 3.05) is 11.1 Å². The molecule has 0 spiro atoms. The third-order valence-electron chi connectivity index (χ3n) is 3.73. The number of halogens is 2. The van der Waals surface area contributed by atoms with Crippen LogP contribution in [0, 0.1) is 11.6 Å². The molecule has 5 nitrogen and oxygen atoms in total. The number of anilines is 1. The number of hydrogen-bond acceptors (Lipinski definition) is 4. The van der Waals surface area contributed by atoms with E-state index in [2.05, 4.69) is 15.3 Å². The Balaban J connectivity index is 2.11. The van der Waals surface area contributed by atoms with Gasteiger partial charge in [-0.15, -0.1) is 0 Å². The van der Waals surface area contributed by atoms with Crippen LogP contribution < -0.4 is 10.9 Å². The molecule has 0 radical (unpaired) electrons. The maximum Gasteiger partial charge on any atom is 0.257 e. The van der Waals surface area contributed by atoms with Crippen LogP contribution in [0.1, 0.15) is 36.8 Å². The van der Waals surface area contributed by atoms with Gasteiger partial charge in [0, 0.05) is 18.1 Å². The van der Waals surface area contributed by atoms with Crippen LogP contribution in [0.4, 0.5) is 14.6 Å². The summed E-state index contributed by atoms with van der Waals surface area (Å²) in [5, 5.41) is 2.94. The van der Waals surface area contributed by atoms with Crippen molar-refractivity contribution in [3.63, 3.8) is 0 Å². The van der Waals surface area contributed by atoms with E-state index in [1.807, 2.05) is 6.92 Å². The van der Waals surface area contributed by atoms with E-state index in [9.17, 15) is 18.4 Å². The fraction of sp³-hybridized carbons (Fsp3) is 0.312. The van der Waals surface area contributed by atoms with Crippen molar-refractivity contribution in [2.45, 2.75) is 30.8 Å². The number of thioether (sulfide) groups is 1. The van der Waals surface area contributed by atoms with Crippen molar-refractivity contribution in [3.8, 4) is 0 Å². The molecule has 2 N–H and O–H groups in total. The first-order valence-corrected chi connectivity index (χ1v) is 8.50. The molecular weight excluding hydrogens is 336 g/mol. The highest BCUT2D eigenvalue weighted by atomic mass is 32.2. The second-order valence-electron chi connectivity index (χ2n) is 5.43. The van der Waals surface area contributed by atoms with Crippen LogP contribution in [0.3, 0.4) is 0 Å². The Morgan fingerprint density at radius 3 is 2.88 bits per heavy atom. The van der Waals surface area contributed by atoms with Crippen molar-refractivity contribution in [2.24, 2.45) is 0 Å². The van der Waals surface area contributed by atoms with Crippen LogP contribution in [-0.4, -0.2) is 21.6 Å². The predicted molar refractivity (Wildman–Crippen MR) is 87.3 cm³/mol. The molecule has 0 fully saturated rings. The van der Waals surface area contributed by atoms with Gasteiger partial charge in [-0.2, -0.15) is 0 Å². The molecule has 0 saturated heterocycles. The molecule has 126 valence electrons. The number of aromatic nitrogens is 2. The summed E-state index contributed by atoms with van der Waals surface area (Å²) in [5.74, 6) is -2.45. The number of benzene rings is 1. The number of nitrogens with zero attached hydrogens (tertiary/aromatic N) is 1. The molecular formula is C16H15F2N3O2S. The highest BCUT2D eigenvalue weighted by Crippen LogP contribution is 2.36. The zero-order valence-corrected chi connectivity index (χ0v) is 13.7. The summed E-state index contributed by atoms with van der Waals surface area (Å²) in [5.41, 5.74) is -0.320. The predicted octanol–water partition coefficient (Wildman–Crippen LogP) is 3.02. The Kier molecular flexibility index (Phi) is 4.66. The molecule has 1 aromatic heterocycles. The van der Waals surface area contributed by atoms with Gasteiger partial charge in [0.2, 0.25) is 5.91 Å². The molecule has 0 unspecified atom stereocenters. The molecule has 2 aromatic rings. The fourth-order valence-electron chi connectivity index (χ4n) is 2.67. The Morgan fingerprint density at radius 2 is 2.12 bits per heavy atom.